The lowest BCUT2D eigenvalue weighted by Crippen LogP contribution is -2.27. The molecule has 7 heteroatoms. The molecule has 0 aliphatic heterocycles. The van der Waals surface area contributed by atoms with Crippen molar-refractivity contribution in [3.63, 3.8) is 0 Å². The fourth-order valence-corrected chi connectivity index (χ4v) is 4.76. The molecule has 4 nitrogen and oxygen atoms in total. The van der Waals surface area contributed by atoms with Crippen molar-refractivity contribution >= 4 is 66.4 Å². The molecule has 0 heterocycles. The Kier molecular flexibility index (Phi) is 8.91. The van der Waals surface area contributed by atoms with Crippen molar-refractivity contribution in [2.45, 2.75) is 19.6 Å². The predicted octanol–water partition coefficient (Wildman–Crippen LogP) is 7.18. The highest BCUT2D eigenvalue weighted by molar-refractivity contribution is 14.1. The monoisotopic (exact) mass is 664 g/mol. The van der Waals surface area contributed by atoms with Gasteiger partial charge < -0.3 is 10.1 Å². The summed E-state index contributed by atoms with van der Waals surface area (Å²) in [6.45, 7) is 2.31. The minimum absolute atomic E-state index is 0.0270. The van der Waals surface area contributed by atoms with E-state index < -0.39 is 5.91 Å². The lowest BCUT2D eigenvalue weighted by Gasteiger charge is -2.14. The summed E-state index contributed by atoms with van der Waals surface area (Å²) in [5.41, 5.74) is 2.76. The summed E-state index contributed by atoms with van der Waals surface area (Å²) in [4.78, 5) is 12.6. The Hall–Kier alpha value is -2.15. The highest BCUT2D eigenvalue weighted by atomic mass is 127. The molecule has 1 amide bonds. The number of ether oxygens (including phenoxy) is 1. The van der Waals surface area contributed by atoms with Crippen LogP contribution in [0.1, 0.15) is 29.7 Å². The van der Waals surface area contributed by atoms with Gasteiger partial charge in [-0.25, -0.2) is 0 Å². The molecule has 0 radical (unpaired) electrons. The topological polar surface area (TPSA) is 62.1 Å². The van der Waals surface area contributed by atoms with Gasteiger partial charge in [0.05, 0.1) is 15.0 Å². The standard InChI is InChI=1S/C25H19Br2IN2O2/c1-16(19-5-3-2-4-6-19)30-25(31)20(14-29)11-18-12-22(26)24(23(27)13-18)32-15-17-7-9-21(28)10-8-17/h2-13,16H,15H2,1H3,(H,30,31)/b20-11-/t16-/m1/s1. The molecule has 0 saturated carbocycles. The Morgan fingerprint density at radius 2 is 1.75 bits per heavy atom. The van der Waals surface area contributed by atoms with Crippen LogP contribution in [0, 0.1) is 14.9 Å². The lowest BCUT2D eigenvalue weighted by molar-refractivity contribution is -0.117. The van der Waals surface area contributed by atoms with Crippen LogP contribution in [-0.2, 0) is 11.4 Å². The normalized spacial score (nSPS) is 12.0. The molecule has 3 aromatic rings. The molecular weight excluding hydrogens is 647 g/mol. The first-order valence-corrected chi connectivity index (χ1v) is 12.4. The molecule has 0 aliphatic rings. The van der Waals surface area contributed by atoms with Crippen LogP contribution in [0.5, 0.6) is 5.75 Å². The first-order chi connectivity index (χ1) is 15.4. The highest BCUT2D eigenvalue weighted by Crippen LogP contribution is 2.36. The maximum absolute atomic E-state index is 12.6. The molecule has 0 unspecified atom stereocenters. The molecule has 0 aliphatic carbocycles. The zero-order valence-electron chi connectivity index (χ0n) is 17.1. The number of halogens is 3. The van der Waals surface area contributed by atoms with Crippen molar-refractivity contribution in [1.82, 2.24) is 5.32 Å². The molecule has 0 bridgehead atoms. The minimum Gasteiger partial charge on any atom is -0.487 e. The van der Waals surface area contributed by atoms with E-state index >= 15 is 0 Å². The third-order valence-electron chi connectivity index (χ3n) is 4.64. The van der Waals surface area contributed by atoms with E-state index in [9.17, 15) is 10.1 Å². The van der Waals surface area contributed by atoms with Crippen LogP contribution in [-0.4, -0.2) is 5.91 Å². The summed E-state index contributed by atoms with van der Waals surface area (Å²) in [6.07, 6.45) is 1.56. The Bertz CT molecular complexity index is 1150. The van der Waals surface area contributed by atoms with E-state index in [4.69, 9.17) is 4.74 Å². The Morgan fingerprint density at radius 3 is 2.34 bits per heavy atom. The van der Waals surface area contributed by atoms with Gasteiger partial charge in [-0.05, 0) is 108 Å². The van der Waals surface area contributed by atoms with Gasteiger partial charge in [0.25, 0.3) is 5.91 Å². The number of hydrogen-bond acceptors (Lipinski definition) is 3. The van der Waals surface area contributed by atoms with Gasteiger partial charge in [-0.3, -0.25) is 4.79 Å². The van der Waals surface area contributed by atoms with Crippen molar-refractivity contribution < 1.29 is 9.53 Å². The Morgan fingerprint density at radius 1 is 1.12 bits per heavy atom. The number of carbonyl (C=O) groups is 1. The highest BCUT2D eigenvalue weighted by Gasteiger charge is 2.15. The van der Waals surface area contributed by atoms with E-state index in [0.717, 1.165) is 20.1 Å². The minimum atomic E-state index is -0.421. The zero-order valence-corrected chi connectivity index (χ0v) is 22.4. The summed E-state index contributed by atoms with van der Waals surface area (Å²) < 4.78 is 8.58. The van der Waals surface area contributed by atoms with Crippen LogP contribution in [0.25, 0.3) is 6.08 Å². The number of nitriles is 1. The molecule has 0 spiro atoms. The van der Waals surface area contributed by atoms with E-state index in [-0.39, 0.29) is 11.6 Å². The number of nitrogens with one attached hydrogen (secondary N) is 1. The Balaban J connectivity index is 1.74. The number of hydrogen-bond donors (Lipinski definition) is 1. The van der Waals surface area contributed by atoms with E-state index in [1.165, 1.54) is 3.57 Å². The number of benzene rings is 3. The van der Waals surface area contributed by atoms with Crippen molar-refractivity contribution in [2.75, 3.05) is 0 Å². The van der Waals surface area contributed by atoms with Crippen LogP contribution in [0.4, 0.5) is 0 Å². The van der Waals surface area contributed by atoms with Crippen LogP contribution in [0.15, 0.2) is 81.2 Å². The summed E-state index contributed by atoms with van der Waals surface area (Å²) in [7, 11) is 0. The maximum Gasteiger partial charge on any atom is 0.262 e. The zero-order chi connectivity index (χ0) is 23.1. The van der Waals surface area contributed by atoms with Gasteiger partial charge in [0, 0.05) is 3.57 Å². The summed E-state index contributed by atoms with van der Waals surface area (Å²) >= 11 is 9.33. The smallest absolute Gasteiger partial charge is 0.262 e. The molecule has 1 atom stereocenters. The van der Waals surface area contributed by atoms with Crippen molar-refractivity contribution in [1.29, 1.82) is 5.26 Å². The van der Waals surface area contributed by atoms with Gasteiger partial charge in [-0.2, -0.15) is 5.26 Å². The lowest BCUT2D eigenvalue weighted by atomic mass is 10.1. The summed E-state index contributed by atoms with van der Waals surface area (Å²) in [6, 6.07) is 23.1. The van der Waals surface area contributed by atoms with Gasteiger partial charge in [0.15, 0.2) is 0 Å². The van der Waals surface area contributed by atoms with E-state index in [1.54, 1.807) is 6.08 Å². The maximum atomic E-state index is 12.6. The number of carbonyl (C=O) groups excluding carboxylic acids is 1. The number of rotatable bonds is 7. The summed E-state index contributed by atoms with van der Waals surface area (Å²) in [5, 5.41) is 12.4. The summed E-state index contributed by atoms with van der Waals surface area (Å²) in [5.74, 6) is 0.233. The fourth-order valence-electron chi connectivity index (χ4n) is 2.95. The van der Waals surface area contributed by atoms with Crippen molar-refractivity contribution in [3.8, 4) is 11.8 Å². The third-order valence-corrected chi connectivity index (χ3v) is 6.54. The van der Waals surface area contributed by atoms with Gasteiger partial charge in [0.1, 0.15) is 24.0 Å². The van der Waals surface area contributed by atoms with E-state index in [1.807, 2.05) is 79.7 Å². The molecule has 0 fully saturated rings. The van der Waals surface area contributed by atoms with Crippen LogP contribution >= 0.6 is 54.5 Å². The molecule has 32 heavy (non-hydrogen) atoms. The molecule has 0 saturated heterocycles. The first-order valence-electron chi connectivity index (χ1n) is 9.71. The fraction of sp³-hybridized carbons (Fsp3) is 0.120. The average Bonchev–Trinajstić information content (AvgIpc) is 2.78. The van der Waals surface area contributed by atoms with Crippen LogP contribution in [0.3, 0.4) is 0 Å². The van der Waals surface area contributed by atoms with Crippen LogP contribution in [0.2, 0.25) is 0 Å². The average molecular weight is 666 g/mol. The quantitative estimate of drug-likeness (QED) is 0.165. The molecule has 3 rings (SSSR count). The predicted molar refractivity (Wildman–Crippen MR) is 142 cm³/mol. The second-order valence-corrected chi connectivity index (χ2v) is 9.96. The molecule has 0 aromatic heterocycles. The van der Waals surface area contributed by atoms with Gasteiger partial charge in [-0.1, -0.05) is 42.5 Å². The second-order valence-electron chi connectivity index (χ2n) is 7.00. The van der Waals surface area contributed by atoms with Gasteiger partial charge >= 0.3 is 0 Å². The molecule has 1 N–H and O–H groups in total. The van der Waals surface area contributed by atoms with Crippen LogP contribution < -0.4 is 10.1 Å². The number of amides is 1. The third kappa shape index (κ3) is 6.67. The SMILES string of the molecule is C[C@@H](NC(=O)/C(C#N)=C\c1cc(Br)c(OCc2ccc(I)cc2)c(Br)c1)c1ccccc1. The van der Waals surface area contributed by atoms with Gasteiger partial charge in [-0.15, -0.1) is 0 Å². The van der Waals surface area contributed by atoms with E-state index in [2.05, 4.69) is 59.8 Å². The molecule has 3 aromatic carbocycles. The van der Waals surface area contributed by atoms with E-state index in [0.29, 0.717) is 17.9 Å². The van der Waals surface area contributed by atoms with Gasteiger partial charge in [0.2, 0.25) is 0 Å². The molecular formula is C25H19Br2IN2O2. The first kappa shape index (κ1) is 24.5. The number of nitrogens with zero attached hydrogens (tertiary/aromatic N) is 1. The Labute approximate surface area is 218 Å². The molecule has 162 valence electrons. The largest absolute Gasteiger partial charge is 0.487 e. The second kappa shape index (κ2) is 11.6. The van der Waals surface area contributed by atoms with Crippen molar-refractivity contribution in [3.05, 3.63) is 102 Å². The van der Waals surface area contributed by atoms with Crippen molar-refractivity contribution in [2.24, 2.45) is 0 Å².